The van der Waals surface area contributed by atoms with Crippen LogP contribution >= 0.6 is 15.9 Å². The number of amides is 1. The van der Waals surface area contributed by atoms with Gasteiger partial charge in [-0.25, -0.2) is 4.68 Å². The Labute approximate surface area is 182 Å². The van der Waals surface area contributed by atoms with Crippen LogP contribution in [0.1, 0.15) is 27.9 Å². The van der Waals surface area contributed by atoms with Crippen molar-refractivity contribution in [2.45, 2.75) is 6.92 Å². The second-order valence-electron chi connectivity index (χ2n) is 6.70. The minimum Gasteiger partial charge on any atom is -0.321 e. The van der Waals surface area contributed by atoms with Gasteiger partial charge in [-0.1, -0.05) is 64.5 Å². The SMILES string of the molecule is CC(=O)c1c(-c2ccccc2)c(C(=O)Nc2ccccc2)nn1-c1ccc(Br)cc1. The highest BCUT2D eigenvalue weighted by Gasteiger charge is 2.27. The summed E-state index contributed by atoms with van der Waals surface area (Å²) in [6, 6.07) is 26.0. The number of hydrogen-bond donors (Lipinski definition) is 1. The van der Waals surface area contributed by atoms with Crippen molar-refractivity contribution in [1.29, 1.82) is 0 Å². The van der Waals surface area contributed by atoms with Crippen LogP contribution in [0.5, 0.6) is 0 Å². The van der Waals surface area contributed by atoms with Crippen LogP contribution in [-0.2, 0) is 0 Å². The molecule has 0 radical (unpaired) electrons. The molecule has 0 fully saturated rings. The van der Waals surface area contributed by atoms with Gasteiger partial charge in [0.15, 0.2) is 11.5 Å². The molecule has 0 spiro atoms. The second kappa shape index (κ2) is 8.47. The third kappa shape index (κ3) is 3.95. The number of benzene rings is 3. The van der Waals surface area contributed by atoms with E-state index in [1.165, 1.54) is 11.6 Å². The Bertz CT molecular complexity index is 1200. The average Bonchev–Trinajstić information content (AvgIpc) is 3.17. The molecule has 3 aromatic carbocycles. The van der Waals surface area contributed by atoms with Gasteiger partial charge >= 0.3 is 0 Å². The lowest BCUT2D eigenvalue weighted by Crippen LogP contribution is -2.14. The molecule has 0 atom stereocenters. The van der Waals surface area contributed by atoms with Crippen LogP contribution in [0.2, 0.25) is 0 Å². The minimum absolute atomic E-state index is 0.178. The summed E-state index contributed by atoms with van der Waals surface area (Å²) < 4.78 is 2.45. The molecule has 0 saturated carbocycles. The normalized spacial score (nSPS) is 10.6. The van der Waals surface area contributed by atoms with E-state index in [2.05, 4.69) is 26.3 Å². The van der Waals surface area contributed by atoms with Crippen LogP contribution in [0.3, 0.4) is 0 Å². The molecule has 30 heavy (non-hydrogen) atoms. The number of rotatable bonds is 5. The fourth-order valence-corrected chi connectivity index (χ4v) is 3.53. The molecule has 4 rings (SSSR count). The lowest BCUT2D eigenvalue weighted by Gasteiger charge is -2.08. The lowest BCUT2D eigenvalue weighted by atomic mass is 10.0. The molecule has 5 nitrogen and oxygen atoms in total. The molecule has 0 unspecified atom stereocenters. The van der Waals surface area contributed by atoms with E-state index in [0.717, 1.165) is 10.0 Å². The van der Waals surface area contributed by atoms with E-state index in [9.17, 15) is 9.59 Å². The Balaban J connectivity index is 1.92. The number of nitrogens with one attached hydrogen (secondary N) is 1. The molecule has 0 aliphatic heterocycles. The molecule has 1 heterocycles. The number of hydrogen-bond acceptors (Lipinski definition) is 3. The molecular weight excluding hydrogens is 442 g/mol. The Morgan fingerprint density at radius 2 is 1.47 bits per heavy atom. The average molecular weight is 460 g/mol. The second-order valence-corrected chi connectivity index (χ2v) is 7.62. The van der Waals surface area contributed by atoms with Crippen LogP contribution in [0.4, 0.5) is 5.69 Å². The maximum absolute atomic E-state index is 13.2. The monoisotopic (exact) mass is 459 g/mol. The van der Waals surface area contributed by atoms with Crippen molar-refractivity contribution in [3.63, 3.8) is 0 Å². The van der Waals surface area contributed by atoms with Crippen LogP contribution in [-0.4, -0.2) is 21.5 Å². The van der Waals surface area contributed by atoms with Crippen molar-refractivity contribution < 1.29 is 9.59 Å². The first kappa shape index (κ1) is 19.8. The molecule has 1 aromatic heterocycles. The number of ketones is 1. The van der Waals surface area contributed by atoms with Crippen LogP contribution in [0.15, 0.2) is 89.4 Å². The van der Waals surface area contributed by atoms with E-state index in [4.69, 9.17) is 0 Å². The van der Waals surface area contributed by atoms with Crippen LogP contribution < -0.4 is 5.32 Å². The van der Waals surface area contributed by atoms with Crippen molar-refractivity contribution in [2.24, 2.45) is 0 Å². The number of aromatic nitrogens is 2. The quantitative estimate of drug-likeness (QED) is 0.386. The highest BCUT2D eigenvalue weighted by atomic mass is 79.9. The van der Waals surface area contributed by atoms with E-state index in [1.54, 1.807) is 12.1 Å². The summed E-state index contributed by atoms with van der Waals surface area (Å²) in [4.78, 5) is 25.9. The van der Waals surface area contributed by atoms with Gasteiger partial charge in [-0.05, 0) is 42.0 Å². The molecule has 1 N–H and O–H groups in total. The van der Waals surface area contributed by atoms with Gasteiger partial charge in [-0.2, -0.15) is 5.10 Å². The zero-order valence-corrected chi connectivity index (χ0v) is 17.8. The van der Waals surface area contributed by atoms with Crippen molar-refractivity contribution in [3.05, 3.63) is 101 Å². The third-order valence-electron chi connectivity index (χ3n) is 4.60. The molecule has 0 aliphatic rings. The molecule has 0 aliphatic carbocycles. The van der Waals surface area contributed by atoms with Crippen molar-refractivity contribution in [3.8, 4) is 16.8 Å². The van der Waals surface area contributed by atoms with Gasteiger partial charge in [-0.3, -0.25) is 9.59 Å². The Kier molecular flexibility index (Phi) is 5.59. The van der Waals surface area contributed by atoms with Gasteiger partial charge in [0.25, 0.3) is 5.91 Å². The number of carbonyl (C=O) groups excluding carboxylic acids is 2. The van der Waals surface area contributed by atoms with Gasteiger partial charge in [0, 0.05) is 22.6 Å². The molecular formula is C24H18BrN3O2. The zero-order chi connectivity index (χ0) is 21.1. The Morgan fingerprint density at radius 1 is 0.867 bits per heavy atom. The largest absolute Gasteiger partial charge is 0.321 e. The highest BCUT2D eigenvalue weighted by molar-refractivity contribution is 9.10. The van der Waals surface area contributed by atoms with E-state index in [1.807, 2.05) is 72.8 Å². The fourth-order valence-electron chi connectivity index (χ4n) is 3.26. The van der Waals surface area contributed by atoms with E-state index in [0.29, 0.717) is 22.6 Å². The van der Waals surface area contributed by atoms with Crippen molar-refractivity contribution in [1.82, 2.24) is 9.78 Å². The number of anilines is 1. The summed E-state index contributed by atoms with van der Waals surface area (Å²) in [5.74, 6) is -0.554. The lowest BCUT2D eigenvalue weighted by molar-refractivity contribution is 0.100. The Morgan fingerprint density at radius 3 is 2.07 bits per heavy atom. The van der Waals surface area contributed by atoms with E-state index < -0.39 is 0 Å². The molecule has 4 aromatic rings. The van der Waals surface area contributed by atoms with Gasteiger partial charge in [0.2, 0.25) is 0 Å². The number of nitrogens with zero attached hydrogens (tertiary/aromatic N) is 2. The standard InChI is InChI=1S/C24H18BrN3O2/c1-16(29)23-21(17-8-4-2-5-9-17)22(24(30)26-19-10-6-3-7-11-19)27-28(23)20-14-12-18(25)13-15-20/h2-15H,1H3,(H,26,30). The summed E-state index contributed by atoms with van der Waals surface area (Å²) in [6.07, 6.45) is 0. The third-order valence-corrected chi connectivity index (χ3v) is 5.13. The smallest absolute Gasteiger partial charge is 0.276 e. The summed E-state index contributed by atoms with van der Waals surface area (Å²) >= 11 is 3.42. The van der Waals surface area contributed by atoms with Gasteiger partial charge < -0.3 is 5.32 Å². The zero-order valence-electron chi connectivity index (χ0n) is 16.2. The highest BCUT2D eigenvalue weighted by Crippen LogP contribution is 2.31. The summed E-state index contributed by atoms with van der Waals surface area (Å²) in [5.41, 5.74) is 3.17. The summed E-state index contributed by atoms with van der Waals surface area (Å²) in [6.45, 7) is 1.48. The van der Waals surface area contributed by atoms with Crippen LogP contribution in [0, 0.1) is 0 Å². The van der Waals surface area contributed by atoms with Gasteiger partial charge in [-0.15, -0.1) is 0 Å². The number of halogens is 1. The van der Waals surface area contributed by atoms with E-state index >= 15 is 0 Å². The summed E-state index contributed by atoms with van der Waals surface area (Å²) in [5, 5.41) is 7.45. The number of Topliss-reactive ketones (excluding diaryl/α,β-unsaturated/α-hetero) is 1. The van der Waals surface area contributed by atoms with Crippen molar-refractivity contribution >= 4 is 33.3 Å². The topological polar surface area (TPSA) is 64.0 Å². The van der Waals surface area contributed by atoms with Crippen molar-refractivity contribution in [2.75, 3.05) is 5.32 Å². The van der Waals surface area contributed by atoms with Gasteiger partial charge in [0.1, 0.15) is 5.69 Å². The number of para-hydroxylation sites is 1. The molecule has 0 bridgehead atoms. The molecule has 1 amide bonds. The number of carbonyl (C=O) groups is 2. The predicted octanol–water partition coefficient (Wildman–Crippen LogP) is 5.76. The van der Waals surface area contributed by atoms with Gasteiger partial charge in [0.05, 0.1) is 5.69 Å². The maximum atomic E-state index is 13.2. The van der Waals surface area contributed by atoms with E-state index in [-0.39, 0.29) is 17.4 Å². The maximum Gasteiger partial charge on any atom is 0.276 e. The first-order chi connectivity index (χ1) is 14.5. The predicted molar refractivity (Wildman–Crippen MR) is 121 cm³/mol. The molecule has 0 saturated heterocycles. The summed E-state index contributed by atoms with van der Waals surface area (Å²) in [7, 11) is 0. The molecule has 6 heteroatoms. The minimum atomic E-state index is -0.376. The Hall–Kier alpha value is -3.51. The molecule has 148 valence electrons. The first-order valence-corrected chi connectivity index (χ1v) is 10.2. The fraction of sp³-hybridized carbons (Fsp3) is 0.0417. The van der Waals surface area contributed by atoms with Crippen LogP contribution in [0.25, 0.3) is 16.8 Å². The first-order valence-electron chi connectivity index (χ1n) is 9.36.